The van der Waals surface area contributed by atoms with E-state index >= 15 is 0 Å². The van der Waals surface area contributed by atoms with Gasteiger partial charge in [0.2, 0.25) is 5.16 Å². The molecule has 3 rings (SSSR count). The lowest BCUT2D eigenvalue weighted by Crippen LogP contribution is -2.14. The first-order chi connectivity index (χ1) is 11.1. The van der Waals surface area contributed by atoms with Crippen molar-refractivity contribution in [2.24, 2.45) is 10.2 Å². The van der Waals surface area contributed by atoms with Crippen molar-refractivity contribution in [1.29, 1.82) is 0 Å². The zero-order chi connectivity index (χ0) is 16.3. The molecule has 0 amide bonds. The second kappa shape index (κ2) is 6.60. The third-order valence-corrected chi connectivity index (χ3v) is 4.75. The second-order valence-corrected chi connectivity index (χ2v) is 6.67. The molecule has 2 N–H and O–H groups in total. The lowest BCUT2D eigenvalue weighted by Gasteiger charge is -2.08. The van der Waals surface area contributed by atoms with Crippen molar-refractivity contribution < 1.29 is 0 Å². The summed E-state index contributed by atoms with van der Waals surface area (Å²) in [6.07, 6.45) is 7.59. The number of thioether (sulfide) groups is 1. The van der Waals surface area contributed by atoms with E-state index in [1.807, 2.05) is 12.1 Å². The first-order valence-corrected chi connectivity index (χ1v) is 8.47. The van der Waals surface area contributed by atoms with Gasteiger partial charge in [-0.05, 0) is 24.3 Å². The van der Waals surface area contributed by atoms with Gasteiger partial charge in [0.15, 0.2) is 11.5 Å². The number of nitrogen functional groups attached to an aromatic ring is 1. The maximum Gasteiger partial charge on any atom is 0.210 e. The minimum Gasteiger partial charge on any atom is -0.335 e. The predicted molar refractivity (Wildman–Crippen MR) is 91.6 cm³/mol. The molecule has 0 saturated heterocycles. The highest BCUT2D eigenvalue weighted by molar-refractivity contribution is 7.99. The van der Waals surface area contributed by atoms with Gasteiger partial charge in [-0.15, -0.1) is 22.5 Å². The molecule has 2 heterocycles. The molecule has 1 aliphatic rings. The third-order valence-electron chi connectivity index (χ3n) is 3.55. The Kier molecular flexibility index (Phi) is 4.55. The molecule has 118 valence electrons. The zero-order valence-electron chi connectivity index (χ0n) is 12.3. The van der Waals surface area contributed by atoms with Gasteiger partial charge in [-0.25, -0.2) is 4.68 Å². The van der Waals surface area contributed by atoms with Crippen LogP contribution in [0.5, 0.6) is 0 Å². The predicted octanol–water partition coefficient (Wildman–Crippen LogP) is 3.37. The summed E-state index contributed by atoms with van der Waals surface area (Å²) in [4.78, 5) is 0. The van der Waals surface area contributed by atoms with Gasteiger partial charge in [-0.2, -0.15) is 10.2 Å². The Labute approximate surface area is 143 Å². The smallest absolute Gasteiger partial charge is 0.210 e. The summed E-state index contributed by atoms with van der Waals surface area (Å²) in [5.41, 5.74) is 0.589. The number of aromatic nitrogens is 3. The lowest BCUT2D eigenvalue weighted by atomic mass is 10.1. The van der Waals surface area contributed by atoms with Crippen LogP contribution < -0.4 is 5.84 Å². The Morgan fingerprint density at radius 2 is 1.96 bits per heavy atom. The van der Waals surface area contributed by atoms with Crippen LogP contribution in [-0.2, 0) is 0 Å². The minimum absolute atomic E-state index is 0.280. The standard InChI is InChI=1S/C15H15ClN6S/c1-2-3-8-15(20-21-15)9-10-23-14-19-18-13(22(14)17)11-4-6-12(16)7-5-11/h1,4-7H,3,8-10,17H2. The van der Waals surface area contributed by atoms with Crippen LogP contribution in [0.25, 0.3) is 11.4 Å². The molecule has 0 radical (unpaired) electrons. The summed E-state index contributed by atoms with van der Waals surface area (Å²) < 4.78 is 1.49. The van der Waals surface area contributed by atoms with Crippen molar-refractivity contribution in [3.8, 4) is 23.7 Å². The number of nitrogens with two attached hydrogens (primary N) is 1. The van der Waals surface area contributed by atoms with E-state index in [1.54, 1.807) is 12.1 Å². The van der Waals surface area contributed by atoms with Gasteiger partial charge in [-0.1, -0.05) is 23.4 Å². The zero-order valence-corrected chi connectivity index (χ0v) is 13.9. The van der Waals surface area contributed by atoms with E-state index in [0.29, 0.717) is 22.4 Å². The molecule has 0 atom stereocenters. The van der Waals surface area contributed by atoms with Crippen LogP contribution in [-0.4, -0.2) is 26.3 Å². The molecule has 23 heavy (non-hydrogen) atoms. The molecule has 0 saturated carbocycles. The normalized spacial score (nSPS) is 14.6. The van der Waals surface area contributed by atoms with Crippen molar-refractivity contribution in [3.05, 3.63) is 29.3 Å². The number of nitrogens with zero attached hydrogens (tertiary/aromatic N) is 5. The van der Waals surface area contributed by atoms with Gasteiger partial charge in [0.05, 0.1) is 0 Å². The Hall–Kier alpha value is -2.04. The number of hydrogen-bond acceptors (Lipinski definition) is 6. The topological polar surface area (TPSA) is 81.5 Å². The van der Waals surface area contributed by atoms with Crippen LogP contribution in [0.1, 0.15) is 19.3 Å². The summed E-state index contributed by atoms with van der Waals surface area (Å²) in [6, 6.07) is 7.31. The summed E-state index contributed by atoms with van der Waals surface area (Å²) in [6.45, 7) is 0. The summed E-state index contributed by atoms with van der Waals surface area (Å²) in [7, 11) is 0. The number of halogens is 1. The van der Waals surface area contributed by atoms with Gasteiger partial charge in [-0.3, -0.25) is 0 Å². The third kappa shape index (κ3) is 3.66. The SMILES string of the molecule is C#CCCC1(CCSc2nnc(-c3ccc(Cl)cc3)n2N)N=N1. The molecule has 0 bridgehead atoms. The Bertz CT molecular complexity index is 755. The monoisotopic (exact) mass is 346 g/mol. The van der Waals surface area contributed by atoms with Crippen LogP contribution in [0.15, 0.2) is 39.7 Å². The van der Waals surface area contributed by atoms with Crippen LogP contribution >= 0.6 is 23.4 Å². The first-order valence-electron chi connectivity index (χ1n) is 7.10. The number of rotatable bonds is 7. The maximum absolute atomic E-state index is 6.08. The average molecular weight is 347 g/mol. The second-order valence-electron chi connectivity index (χ2n) is 5.17. The quantitative estimate of drug-likeness (QED) is 0.473. The Balaban J connectivity index is 1.60. The molecule has 2 aromatic rings. The van der Waals surface area contributed by atoms with Gasteiger partial charge in [0.25, 0.3) is 0 Å². The van der Waals surface area contributed by atoms with Crippen LogP contribution in [0.2, 0.25) is 5.02 Å². The largest absolute Gasteiger partial charge is 0.335 e. The summed E-state index contributed by atoms with van der Waals surface area (Å²) >= 11 is 7.42. The van der Waals surface area contributed by atoms with Crippen molar-refractivity contribution in [2.45, 2.75) is 30.1 Å². The Morgan fingerprint density at radius 1 is 1.22 bits per heavy atom. The van der Waals surface area contributed by atoms with Gasteiger partial charge in [0.1, 0.15) is 0 Å². The van der Waals surface area contributed by atoms with Crippen LogP contribution in [0.4, 0.5) is 0 Å². The molecular weight excluding hydrogens is 332 g/mol. The molecule has 0 spiro atoms. The summed E-state index contributed by atoms with van der Waals surface area (Å²) in [5.74, 6) is 10.1. The number of benzene rings is 1. The van der Waals surface area contributed by atoms with E-state index < -0.39 is 0 Å². The number of hydrogen-bond donors (Lipinski definition) is 1. The fourth-order valence-corrected chi connectivity index (χ4v) is 3.21. The highest BCUT2D eigenvalue weighted by atomic mass is 35.5. The van der Waals surface area contributed by atoms with Gasteiger partial charge < -0.3 is 5.84 Å². The molecule has 6 nitrogen and oxygen atoms in total. The first kappa shape index (κ1) is 15.8. The van der Waals surface area contributed by atoms with E-state index in [4.69, 9.17) is 23.9 Å². The Morgan fingerprint density at radius 3 is 2.61 bits per heavy atom. The molecular formula is C15H15ClN6S. The number of terminal acetylenes is 1. The molecule has 1 aromatic carbocycles. The van der Waals surface area contributed by atoms with Gasteiger partial charge >= 0.3 is 0 Å². The van der Waals surface area contributed by atoms with E-state index in [1.165, 1.54) is 16.4 Å². The molecule has 0 fully saturated rings. The van der Waals surface area contributed by atoms with Crippen molar-refractivity contribution in [1.82, 2.24) is 14.9 Å². The minimum atomic E-state index is -0.280. The van der Waals surface area contributed by atoms with Crippen LogP contribution in [0.3, 0.4) is 0 Å². The average Bonchev–Trinajstić information content (AvgIpc) is 3.24. The van der Waals surface area contributed by atoms with E-state index in [0.717, 1.165) is 24.2 Å². The van der Waals surface area contributed by atoms with Crippen molar-refractivity contribution in [3.63, 3.8) is 0 Å². The van der Waals surface area contributed by atoms with E-state index in [2.05, 4.69) is 26.3 Å². The van der Waals surface area contributed by atoms with E-state index in [9.17, 15) is 0 Å². The molecule has 0 aliphatic carbocycles. The van der Waals surface area contributed by atoms with Crippen LogP contribution in [0, 0.1) is 12.3 Å². The highest BCUT2D eigenvalue weighted by Gasteiger charge is 2.38. The fraction of sp³-hybridized carbons (Fsp3) is 0.333. The van der Waals surface area contributed by atoms with Crippen molar-refractivity contribution >= 4 is 23.4 Å². The summed E-state index contributed by atoms with van der Waals surface area (Å²) in [5, 5.41) is 17.8. The van der Waals surface area contributed by atoms with E-state index in [-0.39, 0.29) is 5.66 Å². The molecule has 1 aliphatic heterocycles. The fourth-order valence-electron chi connectivity index (χ4n) is 2.15. The lowest BCUT2D eigenvalue weighted by molar-refractivity contribution is 0.544. The molecule has 0 unspecified atom stereocenters. The molecule has 8 heteroatoms. The van der Waals surface area contributed by atoms with Crippen molar-refractivity contribution in [2.75, 3.05) is 11.6 Å². The maximum atomic E-state index is 6.08. The highest BCUT2D eigenvalue weighted by Crippen LogP contribution is 2.38. The van der Waals surface area contributed by atoms with Gasteiger partial charge in [0, 0.05) is 35.6 Å². The molecule has 1 aromatic heterocycles.